The van der Waals surface area contributed by atoms with Gasteiger partial charge in [-0.3, -0.25) is 10.0 Å². The van der Waals surface area contributed by atoms with Crippen molar-refractivity contribution in [1.29, 1.82) is 0 Å². The zero-order chi connectivity index (χ0) is 7.72. The number of amides is 1. The Morgan fingerprint density at radius 3 is 2.60 bits per heavy atom. The summed E-state index contributed by atoms with van der Waals surface area (Å²) in [4.78, 5) is 10.7. The smallest absolute Gasteiger partial charge is 0.263 e. The van der Waals surface area contributed by atoms with Crippen molar-refractivity contribution >= 4 is 5.91 Å². The molecule has 0 aliphatic carbocycles. The van der Waals surface area contributed by atoms with E-state index in [2.05, 4.69) is 0 Å². The molecule has 0 aromatic heterocycles. The topological polar surface area (TPSA) is 86.8 Å². The molecule has 0 aromatic rings. The minimum absolute atomic E-state index is 0.240. The molecule has 0 bridgehead atoms. The van der Waals surface area contributed by atoms with Crippen LogP contribution in [-0.4, -0.2) is 40.0 Å². The number of hydrogen-bond acceptors (Lipinski definition) is 4. The second kappa shape index (κ2) is 2.53. The molecule has 0 aromatic carbocycles. The molecule has 1 aliphatic rings. The van der Waals surface area contributed by atoms with E-state index in [1.807, 2.05) is 0 Å². The molecular weight excluding hydrogens is 136 g/mol. The van der Waals surface area contributed by atoms with Crippen molar-refractivity contribution in [3.8, 4) is 0 Å². The molecule has 10 heavy (non-hydrogen) atoms. The Kier molecular flexibility index (Phi) is 1.89. The molecule has 0 saturated carbocycles. The fourth-order valence-corrected chi connectivity index (χ4v) is 0.995. The van der Waals surface area contributed by atoms with Crippen LogP contribution in [0.3, 0.4) is 0 Å². The molecular formula is C5H10N2O3. The largest absolute Gasteiger partial charge is 0.394 e. The second-order valence-electron chi connectivity index (χ2n) is 2.36. The lowest BCUT2D eigenvalue weighted by Gasteiger charge is -2.13. The summed E-state index contributed by atoms with van der Waals surface area (Å²) < 4.78 is 0. The minimum Gasteiger partial charge on any atom is -0.394 e. The Morgan fingerprint density at radius 2 is 2.40 bits per heavy atom. The van der Waals surface area contributed by atoms with E-state index >= 15 is 0 Å². The average Bonchev–Trinajstić information content (AvgIpc) is 2.17. The molecule has 1 heterocycles. The predicted octanol–water partition coefficient (Wildman–Crippen LogP) is -1.70. The third kappa shape index (κ3) is 0.985. The summed E-state index contributed by atoms with van der Waals surface area (Å²) in [6, 6.07) is -1.16. The first-order valence-electron chi connectivity index (χ1n) is 3.05. The third-order valence-electron chi connectivity index (χ3n) is 1.63. The van der Waals surface area contributed by atoms with E-state index in [0.29, 0.717) is 11.5 Å². The van der Waals surface area contributed by atoms with Crippen molar-refractivity contribution in [1.82, 2.24) is 5.06 Å². The van der Waals surface area contributed by atoms with Gasteiger partial charge >= 0.3 is 0 Å². The highest BCUT2D eigenvalue weighted by molar-refractivity contribution is 5.83. The maximum absolute atomic E-state index is 10.7. The van der Waals surface area contributed by atoms with Crippen molar-refractivity contribution in [2.45, 2.75) is 18.5 Å². The molecule has 0 spiro atoms. The van der Waals surface area contributed by atoms with Crippen LogP contribution in [0.1, 0.15) is 6.42 Å². The lowest BCUT2D eigenvalue weighted by molar-refractivity contribution is -0.168. The van der Waals surface area contributed by atoms with E-state index in [1.54, 1.807) is 0 Å². The maximum atomic E-state index is 10.7. The minimum atomic E-state index is -0.651. The van der Waals surface area contributed by atoms with Gasteiger partial charge in [0.1, 0.15) is 0 Å². The second-order valence-corrected chi connectivity index (χ2v) is 2.36. The zero-order valence-electron chi connectivity index (χ0n) is 5.40. The van der Waals surface area contributed by atoms with Crippen molar-refractivity contribution in [3.63, 3.8) is 0 Å². The molecule has 5 heteroatoms. The van der Waals surface area contributed by atoms with Crippen LogP contribution in [0, 0.1) is 0 Å². The van der Waals surface area contributed by atoms with Gasteiger partial charge in [-0.25, -0.2) is 5.06 Å². The first kappa shape index (κ1) is 7.46. The Balaban J connectivity index is 2.61. The van der Waals surface area contributed by atoms with E-state index in [4.69, 9.17) is 16.0 Å². The van der Waals surface area contributed by atoms with Crippen LogP contribution in [0.2, 0.25) is 0 Å². The fourth-order valence-electron chi connectivity index (χ4n) is 0.995. The summed E-state index contributed by atoms with van der Waals surface area (Å²) in [6.07, 6.45) is 0.325. The van der Waals surface area contributed by atoms with Crippen LogP contribution in [0.15, 0.2) is 0 Å². The van der Waals surface area contributed by atoms with E-state index in [0.717, 1.165) is 0 Å². The summed E-state index contributed by atoms with van der Waals surface area (Å²) >= 11 is 0. The van der Waals surface area contributed by atoms with Gasteiger partial charge in [0, 0.05) is 0 Å². The van der Waals surface area contributed by atoms with Crippen LogP contribution < -0.4 is 5.73 Å². The number of hydrogen-bond donors (Lipinski definition) is 3. The van der Waals surface area contributed by atoms with Crippen molar-refractivity contribution in [2.24, 2.45) is 5.73 Å². The van der Waals surface area contributed by atoms with Crippen LogP contribution >= 0.6 is 0 Å². The monoisotopic (exact) mass is 146 g/mol. The number of carbonyl (C=O) groups is 1. The van der Waals surface area contributed by atoms with Gasteiger partial charge in [-0.2, -0.15) is 0 Å². The molecule has 1 saturated heterocycles. The normalized spacial score (nSPS) is 33.5. The van der Waals surface area contributed by atoms with Gasteiger partial charge in [-0.1, -0.05) is 0 Å². The highest BCUT2D eigenvalue weighted by Crippen LogP contribution is 2.14. The average molecular weight is 146 g/mol. The summed E-state index contributed by atoms with van der Waals surface area (Å²) in [6.45, 7) is -0.240. The first-order chi connectivity index (χ1) is 4.66. The fraction of sp³-hybridized carbons (Fsp3) is 0.800. The maximum Gasteiger partial charge on any atom is 0.263 e. The summed E-state index contributed by atoms with van der Waals surface area (Å²) in [5.41, 5.74) is 5.27. The number of hydroxylamine groups is 2. The summed E-state index contributed by atoms with van der Waals surface area (Å²) in [5, 5.41) is 17.9. The van der Waals surface area contributed by atoms with Gasteiger partial charge in [0.15, 0.2) is 0 Å². The molecule has 0 unspecified atom stereocenters. The molecule has 58 valence electrons. The number of nitrogens with two attached hydrogens (primary N) is 1. The number of nitrogens with zero attached hydrogens (tertiary/aromatic N) is 1. The van der Waals surface area contributed by atoms with E-state index in [9.17, 15) is 4.79 Å². The van der Waals surface area contributed by atoms with Crippen LogP contribution in [0.5, 0.6) is 0 Å². The molecule has 0 radical (unpaired) electrons. The zero-order valence-corrected chi connectivity index (χ0v) is 5.40. The third-order valence-corrected chi connectivity index (χ3v) is 1.63. The molecule has 1 aliphatic heterocycles. The SMILES string of the molecule is N[C@H]1C[C@@H](CO)N(O)C1=O. The van der Waals surface area contributed by atoms with Gasteiger partial charge in [-0.15, -0.1) is 0 Å². The lowest BCUT2D eigenvalue weighted by atomic mass is 10.2. The first-order valence-corrected chi connectivity index (χ1v) is 3.05. The predicted molar refractivity (Wildman–Crippen MR) is 32.1 cm³/mol. The van der Waals surface area contributed by atoms with Gasteiger partial charge in [-0.05, 0) is 6.42 Å². The Morgan fingerprint density at radius 1 is 1.80 bits per heavy atom. The highest BCUT2D eigenvalue weighted by Gasteiger charge is 2.35. The van der Waals surface area contributed by atoms with Crippen LogP contribution in [0.25, 0.3) is 0 Å². The van der Waals surface area contributed by atoms with Gasteiger partial charge < -0.3 is 10.8 Å². The molecule has 1 amide bonds. The molecule has 1 rings (SSSR count). The van der Waals surface area contributed by atoms with E-state index in [1.165, 1.54) is 0 Å². The number of rotatable bonds is 1. The van der Waals surface area contributed by atoms with Gasteiger partial charge in [0.25, 0.3) is 5.91 Å². The van der Waals surface area contributed by atoms with Gasteiger partial charge in [0.2, 0.25) is 0 Å². The van der Waals surface area contributed by atoms with Crippen LogP contribution in [-0.2, 0) is 4.79 Å². The quantitative estimate of drug-likeness (QED) is 0.385. The van der Waals surface area contributed by atoms with E-state index < -0.39 is 18.0 Å². The van der Waals surface area contributed by atoms with Crippen LogP contribution in [0.4, 0.5) is 0 Å². The van der Waals surface area contributed by atoms with E-state index in [-0.39, 0.29) is 6.61 Å². The summed E-state index contributed by atoms with van der Waals surface area (Å²) in [7, 11) is 0. The number of aliphatic hydroxyl groups is 1. The Bertz CT molecular complexity index is 150. The number of carbonyl (C=O) groups excluding carboxylic acids is 1. The highest BCUT2D eigenvalue weighted by atomic mass is 16.5. The summed E-state index contributed by atoms with van der Waals surface area (Å²) in [5.74, 6) is -0.515. The van der Waals surface area contributed by atoms with Crippen molar-refractivity contribution in [2.75, 3.05) is 6.61 Å². The number of aliphatic hydroxyl groups excluding tert-OH is 1. The lowest BCUT2D eigenvalue weighted by Crippen LogP contribution is -2.35. The molecule has 5 nitrogen and oxygen atoms in total. The molecule has 4 N–H and O–H groups in total. The van der Waals surface area contributed by atoms with Crippen molar-refractivity contribution < 1.29 is 15.1 Å². The Labute approximate surface area is 58.0 Å². The van der Waals surface area contributed by atoms with Gasteiger partial charge in [0.05, 0.1) is 18.7 Å². The Hall–Kier alpha value is -0.650. The molecule has 1 fully saturated rings. The van der Waals surface area contributed by atoms with Crippen molar-refractivity contribution in [3.05, 3.63) is 0 Å². The molecule has 2 atom stereocenters. The standard InChI is InChI=1S/C5H10N2O3/c6-4-1-3(2-8)7(10)5(4)9/h3-4,8,10H,1-2,6H2/t3-,4-/m0/s1.